The van der Waals surface area contributed by atoms with Gasteiger partial charge in [0, 0.05) is 6.92 Å². The molecule has 2 saturated carbocycles. The van der Waals surface area contributed by atoms with E-state index in [1.807, 2.05) is 0 Å². The van der Waals surface area contributed by atoms with Gasteiger partial charge in [-0.2, -0.15) is 0 Å². The molecule has 0 aliphatic heterocycles. The highest BCUT2D eigenvalue weighted by Crippen LogP contribution is 2.40. The lowest BCUT2D eigenvalue weighted by Crippen LogP contribution is -2.32. The average molecular weight is 280 g/mol. The maximum Gasteiger partial charge on any atom is 0.555 e. The smallest absolute Gasteiger partial charge is 0.555 e. The van der Waals surface area contributed by atoms with Crippen LogP contribution < -0.4 is 0 Å². The van der Waals surface area contributed by atoms with E-state index in [9.17, 15) is 4.79 Å². The van der Waals surface area contributed by atoms with Crippen molar-refractivity contribution < 1.29 is 8.58 Å². The first kappa shape index (κ1) is 15.4. The molecule has 0 heterocycles. The summed E-state index contributed by atoms with van der Waals surface area (Å²) in [6.45, 7) is 1.62. The zero-order chi connectivity index (χ0) is 13.5. The summed E-state index contributed by atoms with van der Waals surface area (Å²) in [6.07, 6.45) is 16.4. The lowest BCUT2D eigenvalue weighted by molar-refractivity contribution is -0.132. The third kappa shape index (κ3) is 5.12. The van der Waals surface area contributed by atoms with Crippen LogP contribution in [0.3, 0.4) is 0 Å². The van der Waals surface area contributed by atoms with Gasteiger partial charge in [0.1, 0.15) is 0 Å². The second-order valence-corrected chi connectivity index (χ2v) is 9.63. The lowest BCUT2D eigenvalue weighted by Gasteiger charge is -2.27. The summed E-state index contributed by atoms with van der Waals surface area (Å²) >= 11 is -1.36. The van der Waals surface area contributed by atoms with Crippen molar-refractivity contribution in [2.45, 2.75) is 93.5 Å². The number of carbonyl (C=O) groups excluding carboxylic acids is 1. The molecular formula is C16H29AlO2. The molecule has 0 saturated heterocycles. The number of hydrogen-bond acceptors (Lipinski definition) is 2. The Kier molecular flexibility index (Phi) is 6.74. The lowest BCUT2D eigenvalue weighted by atomic mass is 10.2. The molecule has 2 fully saturated rings. The predicted molar refractivity (Wildman–Crippen MR) is 80.4 cm³/mol. The van der Waals surface area contributed by atoms with Crippen LogP contribution in [0.5, 0.6) is 0 Å². The highest BCUT2D eigenvalue weighted by molar-refractivity contribution is 6.57. The Bertz CT molecular complexity index is 244. The average Bonchev–Trinajstić information content (AvgIpc) is 2.80. The molecule has 2 nitrogen and oxygen atoms in total. The van der Waals surface area contributed by atoms with E-state index in [1.54, 1.807) is 6.92 Å². The molecule has 0 unspecified atom stereocenters. The fourth-order valence-corrected chi connectivity index (χ4v) is 7.84. The minimum absolute atomic E-state index is 0.00911. The Labute approximate surface area is 123 Å². The van der Waals surface area contributed by atoms with Crippen LogP contribution in [0.2, 0.25) is 9.56 Å². The topological polar surface area (TPSA) is 26.3 Å². The van der Waals surface area contributed by atoms with Gasteiger partial charge in [0.05, 0.1) is 0 Å². The molecule has 0 amide bonds. The molecule has 0 aromatic carbocycles. The molecule has 0 spiro atoms. The van der Waals surface area contributed by atoms with E-state index in [1.165, 1.54) is 77.0 Å². The van der Waals surface area contributed by atoms with Gasteiger partial charge in [-0.1, -0.05) is 77.0 Å². The summed E-state index contributed by atoms with van der Waals surface area (Å²) in [5.74, 6) is -0.00911. The second kappa shape index (κ2) is 8.33. The van der Waals surface area contributed by atoms with Crippen molar-refractivity contribution in [3.05, 3.63) is 0 Å². The van der Waals surface area contributed by atoms with Gasteiger partial charge < -0.3 is 3.79 Å². The summed E-state index contributed by atoms with van der Waals surface area (Å²) in [5.41, 5.74) is 0. The van der Waals surface area contributed by atoms with Gasteiger partial charge in [0.15, 0.2) is 0 Å². The predicted octanol–water partition coefficient (Wildman–Crippen LogP) is 4.99. The van der Waals surface area contributed by atoms with Crippen molar-refractivity contribution in [3.8, 4) is 0 Å². The van der Waals surface area contributed by atoms with Gasteiger partial charge in [0.2, 0.25) is 0 Å². The maximum absolute atomic E-state index is 11.5. The van der Waals surface area contributed by atoms with Crippen LogP contribution in [0.25, 0.3) is 0 Å². The van der Waals surface area contributed by atoms with Crippen LogP contribution in [-0.2, 0) is 8.58 Å². The first-order valence-electron chi connectivity index (χ1n) is 8.44. The molecule has 19 heavy (non-hydrogen) atoms. The molecule has 0 atom stereocenters. The third-order valence-corrected chi connectivity index (χ3v) is 8.83. The van der Waals surface area contributed by atoms with Crippen LogP contribution >= 0.6 is 0 Å². The van der Waals surface area contributed by atoms with Crippen molar-refractivity contribution >= 4 is 20.5 Å². The Hall–Kier alpha value is 0.00247. The number of carbonyl (C=O) groups is 1. The summed E-state index contributed by atoms with van der Waals surface area (Å²) in [4.78, 5) is 11.5. The normalized spacial score (nSPS) is 23.4. The molecule has 0 aromatic rings. The van der Waals surface area contributed by atoms with Gasteiger partial charge in [-0.05, 0) is 9.56 Å². The van der Waals surface area contributed by atoms with E-state index in [0.29, 0.717) is 0 Å². The summed E-state index contributed by atoms with van der Waals surface area (Å²) < 4.78 is 7.49. The zero-order valence-electron chi connectivity index (χ0n) is 12.5. The Morgan fingerprint density at radius 1 is 0.789 bits per heavy atom. The zero-order valence-corrected chi connectivity index (χ0v) is 13.7. The monoisotopic (exact) mass is 280 g/mol. The van der Waals surface area contributed by atoms with E-state index in [0.717, 1.165) is 9.56 Å². The van der Waals surface area contributed by atoms with Gasteiger partial charge in [-0.3, -0.25) is 4.79 Å². The minimum atomic E-state index is -1.36. The summed E-state index contributed by atoms with van der Waals surface area (Å²) in [6, 6.07) is 0. The fraction of sp³-hybridized carbons (Fsp3) is 0.938. The molecule has 0 N–H and O–H groups in total. The van der Waals surface area contributed by atoms with E-state index >= 15 is 0 Å². The van der Waals surface area contributed by atoms with Gasteiger partial charge in [0.25, 0.3) is 5.97 Å². The Balaban J connectivity index is 2.01. The van der Waals surface area contributed by atoms with Crippen molar-refractivity contribution in [1.29, 1.82) is 0 Å². The SMILES string of the molecule is CC(=O)[O][Al]([CH]1CCCCCC1)[CH]1CCCCCC1. The van der Waals surface area contributed by atoms with Crippen LogP contribution in [-0.4, -0.2) is 20.5 Å². The quantitative estimate of drug-likeness (QED) is 0.537. The van der Waals surface area contributed by atoms with Gasteiger partial charge >= 0.3 is 14.5 Å². The van der Waals surface area contributed by atoms with Crippen LogP contribution in [0.4, 0.5) is 0 Å². The highest BCUT2D eigenvalue weighted by atomic mass is 27.2. The largest absolute Gasteiger partial charge is 0.616 e. The maximum atomic E-state index is 11.5. The van der Waals surface area contributed by atoms with Crippen molar-refractivity contribution in [1.82, 2.24) is 0 Å². The van der Waals surface area contributed by atoms with Gasteiger partial charge in [-0.15, -0.1) is 0 Å². The van der Waals surface area contributed by atoms with Crippen molar-refractivity contribution in [3.63, 3.8) is 0 Å². The first-order valence-corrected chi connectivity index (χ1v) is 10.2. The minimum Gasteiger partial charge on any atom is -0.616 e. The van der Waals surface area contributed by atoms with E-state index in [-0.39, 0.29) is 5.97 Å². The third-order valence-electron chi connectivity index (χ3n) is 5.03. The summed E-state index contributed by atoms with van der Waals surface area (Å²) in [7, 11) is 0. The molecule has 2 aliphatic rings. The summed E-state index contributed by atoms with van der Waals surface area (Å²) in [5, 5.41) is 0. The van der Waals surface area contributed by atoms with Crippen LogP contribution in [0, 0.1) is 0 Å². The van der Waals surface area contributed by atoms with Crippen LogP contribution in [0.1, 0.15) is 84.0 Å². The fourth-order valence-electron chi connectivity index (χ4n) is 4.05. The first-order chi connectivity index (χ1) is 9.27. The standard InChI is InChI=1S/2C7H13.C2H4O2.Al/c2*1-2-4-6-7-5-3-1;1-2(3)4;/h2*1H,2-7H2;1H3,(H,3,4);/q;;;+1/p-1. The van der Waals surface area contributed by atoms with E-state index in [2.05, 4.69) is 0 Å². The highest BCUT2D eigenvalue weighted by Gasteiger charge is 2.42. The number of hydrogen-bond donors (Lipinski definition) is 0. The molecule has 3 heteroatoms. The van der Waals surface area contributed by atoms with Gasteiger partial charge in [-0.25, -0.2) is 0 Å². The second-order valence-electron chi connectivity index (χ2n) is 6.58. The number of rotatable bonds is 3. The molecule has 108 valence electrons. The van der Waals surface area contributed by atoms with Crippen LogP contribution in [0.15, 0.2) is 0 Å². The molecule has 0 radical (unpaired) electrons. The Morgan fingerprint density at radius 3 is 1.47 bits per heavy atom. The van der Waals surface area contributed by atoms with Crippen molar-refractivity contribution in [2.24, 2.45) is 0 Å². The molecule has 0 aromatic heterocycles. The van der Waals surface area contributed by atoms with Crippen molar-refractivity contribution in [2.75, 3.05) is 0 Å². The molecule has 2 rings (SSSR count). The molecule has 0 bridgehead atoms. The molecule has 2 aliphatic carbocycles. The molecular weight excluding hydrogens is 251 g/mol. The van der Waals surface area contributed by atoms with E-state index < -0.39 is 14.5 Å². The Morgan fingerprint density at radius 2 is 1.16 bits per heavy atom. The van der Waals surface area contributed by atoms with E-state index in [4.69, 9.17) is 3.79 Å².